The zero-order valence-electron chi connectivity index (χ0n) is 11.8. The molecule has 7 nitrogen and oxygen atoms in total. The van der Waals surface area contributed by atoms with Crippen LogP contribution >= 0.6 is 23.1 Å². The number of hydrogen-bond acceptors (Lipinski definition) is 9. The van der Waals surface area contributed by atoms with Crippen LogP contribution in [0.15, 0.2) is 28.0 Å². The average molecular weight is 337 g/mol. The van der Waals surface area contributed by atoms with Gasteiger partial charge in [-0.05, 0) is 19.1 Å². The summed E-state index contributed by atoms with van der Waals surface area (Å²) >= 11 is 2.78. The second kappa shape index (κ2) is 6.51. The van der Waals surface area contributed by atoms with E-state index in [-0.39, 0.29) is 12.6 Å². The molecule has 0 aromatic carbocycles. The van der Waals surface area contributed by atoms with Gasteiger partial charge < -0.3 is 20.6 Å². The molecule has 0 saturated carbocycles. The van der Waals surface area contributed by atoms with E-state index in [1.807, 2.05) is 19.1 Å². The van der Waals surface area contributed by atoms with E-state index >= 15 is 0 Å². The first-order valence-electron chi connectivity index (χ1n) is 6.62. The maximum Gasteiger partial charge on any atom is 0.192 e. The topological polar surface area (TPSA) is 110 Å². The number of aliphatic hydroxyl groups is 1. The van der Waals surface area contributed by atoms with Crippen molar-refractivity contribution in [3.63, 3.8) is 0 Å². The summed E-state index contributed by atoms with van der Waals surface area (Å²) in [5, 5.41) is 13.4. The van der Waals surface area contributed by atoms with Gasteiger partial charge in [-0.1, -0.05) is 23.1 Å². The van der Waals surface area contributed by atoms with E-state index in [4.69, 9.17) is 10.2 Å². The van der Waals surface area contributed by atoms with E-state index < -0.39 is 0 Å². The molecule has 0 aliphatic carbocycles. The minimum absolute atomic E-state index is 0.00859. The number of furan rings is 1. The van der Waals surface area contributed by atoms with Gasteiger partial charge in [-0.15, -0.1) is 0 Å². The third-order valence-corrected chi connectivity index (χ3v) is 4.58. The molecule has 0 amide bonds. The molecule has 3 aromatic heterocycles. The largest absolute Gasteiger partial charge is 0.468 e. The van der Waals surface area contributed by atoms with E-state index in [0.717, 1.165) is 10.5 Å². The monoisotopic (exact) mass is 337 g/mol. The number of nitrogens with two attached hydrogens (primary N) is 1. The second-order valence-corrected chi connectivity index (χ2v) is 6.63. The number of nitrogens with one attached hydrogen (secondary N) is 1. The molecular weight excluding hydrogens is 322 g/mol. The molecule has 116 valence electrons. The number of rotatable bonds is 6. The normalized spacial score (nSPS) is 12.6. The Balaban J connectivity index is 1.89. The molecule has 1 atom stereocenters. The van der Waals surface area contributed by atoms with Crippen molar-refractivity contribution in [2.24, 2.45) is 0 Å². The van der Waals surface area contributed by atoms with E-state index in [1.165, 1.54) is 23.1 Å². The lowest BCUT2D eigenvalue weighted by molar-refractivity contribution is 0.281. The van der Waals surface area contributed by atoms with Crippen LogP contribution in [0.25, 0.3) is 10.3 Å². The lowest BCUT2D eigenvalue weighted by Gasteiger charge is -2.12. The average Bonchev–Trinajstić information content (AvgIpc) is 3.13. The molecular formula is C13H15N5O2S2. The Labute approximate surface area is 135 Å². The highest BCUT2D eigenvalue weighted by molar-refractivity contribution is 7.98. The summed E-state index contributed by atoms with van der Waals surface area (Å²) in [7, 11) is 0. The molecule has 22 heavy (non-hydrogen) atoms. The summed E-state index contributed by atoms with van der Waals surface area (Å²) in [6.45, 7) is 1.88. The van der Waals surface area contributed by atoms with Gasteiger partial charge in [0.05, 0.1) is 18.6 Å². The minimum Gasteiger partial charge on any atom is -0.468 e. The Bertz CT molecular complexity index is 759. The molecule has 0 unspecified atom stereocenters. The van der Waals surface area contributed by atoms with E-state index in [0.29, 0.717) is 27.5 Å². The molecule has 0 fully saturated rings. The molecule has 3 heterocycles. The van der Waals surface area contributed by atoms with Gasteiger partial charge in [-0.2, -0.15) is 0 Å². The Morgan fingerprint density at radius 1 is 1.45 bits per heavy atom. The van der Waals surface area contributed by atoms with Gasteiger partial charge in [-0.3, -0.25) is 0 Å². The quantitative estimate of drug-likeness (QED) is 0.464. The summed E-state index contributed by atoms with van der Waals surface area (Å²) in [6, 6.07) is 3.63. The van der Waals surface area contributed by atoms with Gasteiger partial charge in [0, 0.05) is 6.04 Å². The van der Waals surface area contributed by atoms with Crippen molar-refractivity contribution in [1.29, 1.82) is 0 Å². The van der Waals surface area contributed by atoms with Crippen LogP contribution in [0.3, 0.4) is 0 Å². The molecule has 0 aliphatic rings. The third-order valence-electron chi connectivity index (χ3n) is 2.83. The van der Waals surface area contributed by atoms with Gasteiger partial charge in [0.15, 0.2) is 21.8 Å². The van der Waals surface area contributed by atoms with Crippen LogP contribution in [-0.2, 0) is 5.75 Å². The van der Waals surface area contributed by atoms with E-state index in [1.54, 1.807) is 6.26 Å². The minimum atomic E-state index is -0.121. The number of nitrogen functional groups attached to an aromatic ring is 1. The molecule has 3 aromatic rings. The number of anilines is 2. The maximum absolute atomic E-state index is 9.21. The predicted molar refractivity (Wildman–Crippen MR) is 88.1 cm³/mol. The summed E-state index contributed by atoms with van der Waals surface area (Å²) in [5.41, 5.74) is 6.33. The molecule has 0 radical (unpaired) electrons. The first-order valence-corrected chi connectivity index (χ1v) is 8.42. The summed E-state index contributed by atoms with van der Waals surface area (Å²) in [6.07, 6.45) is 1.64. The standard InChI is InChI=1S/C13H15N5O2S2/c1-7(5-19)15-10-9-11(16-12(14)22-9)18-13(17-10)21-6-8-3-2-4-20-8/h2-4,7,19H,5-6H2,1H3,(H3,14,15,16,17,18)/t7-/m1/s1. The highest BCUT2D eigenvalue weighted by atomic mass is 32.2. The fourth-order valence-corrected chi connectivity index (χ4v) is 3.26. The molecule has 0 spiro atoms. The fourth-order valence-electron chi connectivity index (χ4n) is 1.79. The second-order valence-electron chi connectivity index (χ2n) is 4.66. The summed E-state index contributed by atoms with van der Waals surface area (Å²) < 4.78 is 6.09. The third kappa shape index (κ3) is 3.32. The molecule has 3 rings (SSSR count). The van der Waals surface area contributed by atoms with Crippen LogP contribution in [-0.4, -0.2) is 32.7 Å². The molecule has 9 heteroatoms. The molecule has 0 bridgehead atoms. The number of aromatic nitrogens is 3. The SMILES string of the molecule is C[C@H](CO)Nc1nc(SCc2ccco2)nc2nc(N)sc12. The van der Waals surface area contributed by atoms with E-state index in [2.05, 4.69) is 20.3 Å². The Hall–Kier alpha value is -1.84. The highest BCUT2D eigenvalue weighted by Crippen LogP contribution is 2.31. The molecule has 4 N–H and O–H groups in total. The zero-order chi connectivity index (χ0) is 15.5. The van der Waals surface area contributed by atoms with Gasteiger partial charge >= 0.3 is 0 Å². The number of thioether (sulfide) groups is 1. The first kappa shape index (κ1) is 15.1. The van der Waals surface area contributed by atoms with Gasteiger partial charge in [0.25, 0.3) is 0 Å². The van der Waals surface area contributed by atoms with Gasteiger partial charge in [-0.25, -0.2) is 15.0 Å². The van der Waals surface area contributed by atoms with Crippen molar-refractivity contribution >= 4 is 44.4 Å². The number of thiazole rings is 1. The highest BCUT2D eigenvalue weighted by Gasteiger charge is 2.14. The Morgan fingerprint density at radius 3 is 3.05 bits per heavy atom. The lowest BCUT2D eigenvalue weighted by atomic mass is 10.3. The van der Waals surface area contributed by atoms with Crippen molar-refractivity contribution in [3.8, 4) is 0 Å². The van der Waals surface area contributed by atoms with Crippen LogP contribution in [0, 0.1) is 0 Å². The number of hydrogen-bond donors (Lipinski definition) is 3. The van der Waals surface area contributed by atoms with Gasteiger partial charge in [0.2, 0.25) is 0 Å². The molecule has 0 saturated heterocycles. The number of nitrogens with zero attached hydrogens (tertiary/aromatic N) is 3. The summed E-state index contributed by atoms with van der Waals surface area (Å²) in [4.78, 5) is 13.1. The Kier molecular flexibility index (Phi) is 4.46. The number of aliphatic hydroxyl groups excluding tert-OH is 1. The lowest BCUT2D eigenvalue weighted by Crippen LogP contribution is -2.20. The van der Waals surface area contributed by atoms with Crippen molar-refractivity contribution in [3.05, 3.63) is 24.2 Å². The summed E-state index contributed by atoms with van der Waals surface area (Å²) in [5.74, 6) is 2.13. The Morgan fingerprint density at radius 2 is 2.32 bits per heavy atom. The smallest absolute Gasteiger partial charge is 0.192 e. The predicted octanol–water partition coefficient (Wildman–Crippen LogP) is 2.35. The van der Waals surface area contributed by atoms with Crippen molar-refractivity contribution < 1.29 is 9.52 Å². The van der Waals surface area contributed by atoms with E-state index in [9.17, 15) is 5.11 Å². The van der Waals surface area contributed by atoms with Crippen LogP contribution in [0.5, 0.6) is 0 Å². The van der Waals surface area contributed by atoms with Gasteiger partial charge in [0.1, 0.15) is 10.5 Å². The number of fused-ring (bicyclic) bond motifs is 1. The van der Waals surface area contributed by atoms with Crippen LogP contribution in [0.2, 0.25) is 0 Å². The zero-order valence-corrected chi connectivity index (χ0v) is 13.4. The van der Waals surface area contributed by atoms with Crippen molar-refractivity contribution in [2.75, 3.05) is 17.7 Å². The maximum atomic E-state index is 9.21. The van der Waals surface area contributed by atoms with Crippen molar-refractivity contribution in [1.82, 2.24) is 15.0 Å². The van der Waals surface area contributed by atoms with Crippen LogP contribution < -0.4 is 11.1 Å². The van der Waals surface area contributed by atoms with Crippen LogP contribution in [0.4, 0.5) is 10.9 Å². The van der Waals surface area contributed by atoms with Crippen LogP contribution in [0.1, 0.15) is 12.7 Å². The van der Waals surface area contributed by atoms with Crippen molar-refractivity contribution in [2.45, 2.75) is 23.9 Å². The first-order chi connectivity index (χ1) is 10.7. The molecule has 0 aliphatic heterocycles. The fraction of sp³-hybridized carbons (Fsp3) is 0.308.